The first kappa shape index (κ1) is 8.47. The van der Waals surface area contributed by atoms with Crippen LogP contribution in [0.4, 0.5) is 0 Å². The predicted molar refractivity (Wildman–Crippen MR) is 43.6 cm³/mol. The molecule has 2 atom stereocenters. The Morgan fingerprint density at radius 1 is 1.62 bits per heavy atom. The molecule has 0 spiro atoms. The van der Waals surface area contributed by atoms with Gasteiger partial charge in [-0.15, -0.1) is 0 Å². The Morgan fingerprint density at radius 2 is 2.46 bits per heavy atom. The van der Waals surface area contributed by atoms with Crippen LogP contribution in [-0.4, -0.2) is 24.8 Å². The van der Waals surface area contributed by atoms with Crippen LogP contribution in [0.15, 0.2) is 24.3 Å². The van der Waals surface area contributed by atoms with E-state index in [1.54, 1.807) is 12.2 Å². The molecule has 70 valence electrons. The molecule has 2 heterocycles. The van der Waals surface area contributed by atoms with Gasteiger partial charge >= 0.3 is 5.97 Å². The maximum atomic E-state index is 11.4. The molecule has 0 saturated heterocycles. The van der Waals surface area contributed by atoms with Crippen molar-refractivity contribution in [3.8, 4) is 0 Å². The maximum Gasteiger partial charge on any atom is 0.345 e. The van der Waals surface area contributed by atoms with Crippen molar-refractivity contribution < 1.29 is 19.3 Å². The van der Waals surface area contributed by atoms with Gasteiger partial charge in [0.15, 0.2) is 0 Å². The van der Waals surface area contributed by atoms with Gasteiger partial charge in [-0.3, -0.25) is 0 Å². The molecule has 13 heavy (non-hydrogen) atoms. The zero-order chi connectivity index (χ0) is 9.31. The van der Waals surface area contributed by atoms with Crippen molar-refractivity contribution in [3.05, 3.63) is 24.3 Å². The third kappa shape index (κ3) is 1.28. The summed E-state index contributed by atoms with van der Waals surface area (Å²) in [6.45, 7) is 0. The van der Waals surface area contributed by atoms with Crippen LogP contribution in [0.1, 0.15) is 6.42 Å². The monoisotopic (exact) mass is 182 g/mol. The molecule has 3 rings (SSSR count). The summed E-state index contributed by atoms with van der Waals surface area (Å²) in [7, 11) is 1.33. The van der Waals surface area contributed by atoms with E-state index in [-0.39, 0.29) is 6.10 Å². The molecule has 0 saturated carbocycles. The summed E-state index contributed by atoms with van der Waals surface area (Å²) in [4.78, 5) is 21.4. The van der Waals surface area contributed by atoms with Crippen molar-refractivity contribution >= 4 is 5.97 Å². The van der Waals surface area contributed by atoms with Crippen LogP contribution in [0.2, 0.25) is 0 Å². The highest BCUT2D eigenvalue weighted by molar-refractivity contribution is 5.82. The zero-order valence-corrected chi connectivity index (χ0v) is 7.23. The summed E-state index contributed by atoms with van der Waals surface area (Å²) in [6.07, 6.45) is 7.44. The fourth-order valence-corrected chi connectivity index (χ4v) is 1.39. The third-order valence-corrected chi connectivity index (χ3v) is 2.14. The molecular formula is C9H10O4. The van der Waals surface area contributed by atoms with Crippen LogP contribution in [0, 0.1) is 0 Å². The van der Waals surface area contributed by atoms with Crippen molar-refractivity contribution in [3.63, 3.8) is 0 Å². The lowest BCUT2D eigenvalue weighted by Gasteiger charge is -2.27. The summed E-state index contributed by atoms with van der Waals surface area (Å²) in [6, 6.07) is 0. The second-order valence-electron chi connectivity index (χ2n) is 3.02. The Hall–Kier alpha value is -1.13. The van der Waals surface area contributed by atoms with Crippen LogP contribution in [0.5, 0.6) is 0 Å². The first-order valence-corrected chi connectivity index (χ1v) is 4.06. The molecule has 4 nitrogen and oxygen atoms in total. The number of carbonyl (C=O) groups excluding carboxylic acids is 1. The van der Waals surface area contributed by atoms with E-state index in [1.165, 1.54) is 7.11 Å². The van der Waals surface area contributed by atoms with Crippen LogP contribution in [-0.2, 0) is 19.3 Å². The van der Waals surface area contributed by atoms with Crippen LogP contribution in [0.25, 0.3) is 0 Å². The number of hydrogen-bond donors (Lipinski definition) is 0. The van der Waals surface area contributed by atoms with Gasteiger partial charge in [0.05, 0.1) is 7.11 Å². The molecule has 1 aliphatic carbocycles. The van der Waals surface area contributed by atoms with Crippen molar-refractivity contribution in [2.45, 2.75) is 18.1 Å². The summed E-state index contributed by atoms with van der Waals surface area (Å²) < 4.78 is 4.64. The molecule has 0 N–H and O–H groups in total. The average Bonchev–Trinajstić information content (AvgIpc) is 2.50. The minimum Gasteiger partial charge on any atom is -0.467 e. The summed E-state index contributed by atoms with van der Waals surface area (Å²) in [5, 5.41) is 0. The highest BCUT2D eigenvalue weighted by atomic mass is 17.2. The van der Waals surface area contributed by atoms with Crippen molar-refractivity contribution in [2.24, 2.45) is 0 Å². The molecule has 0 radical (unpaired) electrons. The minimum atomic E-state index is -1.07. The molecule has 4 heteroatoms. The molecule has 2 bridgehead atoms. The Bertz CT molecular complexity index is 281. The van der Waals surface area contributed by atoms with Gasteiger partial charge in [-0.25, -0.2) is 14.6 Å². The molecule has 0 aromatic rings. The first-order chi connectivity index (χ1) is 6.27. The number of esters is 1. The maximum absolute atomic E-state index is 11.4. The minimum absolute atomic E-state index is 0.180. The number of fused-ring (bicyclic) bond motifs is 2. The van der Waals surface area contributed by atoms with Gasteiger partial charge in [0.1, 0.15) is 6.10 Å². The van der Waals surface area contributed by atoms with Gasteiger partial charge < -0.3 is 4.74 Å². The van der Waals surface area contributed by atoms with Crippen LogP contribution < -0.4 is 0 Å². The fourth-order valence-electron chi connectivity index (χ4n) is 1.39. The average molecular weight is 182 g/mol. The van der Waals surface area contributed by atoms with Gasteiger partial charge in [0, 0.05) is 6.42 Å². The van der Waals surface area contributed by atoms with Gasteiger partial charge in [-0.05, 0) is 12.2 Å². The Labute approximate surface area is 75.7 Å². The van der Waals surface area contributed by atoms with E-state index in [2.05, 4.69) is 4.74 Å². The van der Waals surface area contributed by atoms with E-state index >= 15 is 0 Å². The second kappa shape index (κ2) is 2.97. The van der Waals surface area contributed by atoms with Gasteiger partial charge in [-0.2, -0.15) is 0 Å². The second-order valence-corrected chi connectivity index (χ2v) is 3.02. The summed E-state index contributed by atoms with van der Waals surface area (Å²) >= 11 is 0. The first-order valence-electron chi connectivity index (χ1n) is 4.06. The van der Waals surface area contributed by atoms with E-state index in [1.807, 2.05) is 12.2 Å². The van der Waals surface area contributed by atoms with Gasteiger partial charge in [0.25, 0.3) is 0 Å². The Kier molecular flexibility index (Phi) is 1.94. The third-order valence-electron chi connectivity index (χ3n) is 2.14. The van der Waals surface area contributed by atoms with E-state index in [9.17, 15) is 4.79 Å². The molecule has 0 aromatic heterocycles. The molecule has 3 aliphatic rings. The molecule has 2 unspecified atom stereocenters. The SMILES string of the molecule is COC(=O)C12C=CC(C=CC1)OO2. The number of ether oxygens (including phenoxy) is 1. The van der Waals surface area contributed by atoms with E-state index < -0.39 is 11.6 Å². The fraction of sp³-hybridized carbons (Fsp3) is 0.444. The Balaban J connectivity index is 2.31. The summed E-state index contributed by atoms with van der Waals surface area (Å²) in [5.74, 6) is -0.436. The smallest absolute Gasteiger partial charge is 0.345 e. The van der Waals surface area contributed by atoms with E-state index in [4.69, 9.17) is 9.78 Å². The largest absolute Gasteiger partial charge is 0.467 e. The van der Waals surface area contributed by atoms with Crippen LogP contribution >= 0.6 is 0 Å². The Morgan fingerprint density at radius 3 is 3.08 bits per heavy atom. The molecule has 0 aromatic carbocycles. The van der Waals surface area contributed by atoms with Crippen molar-refractivity contribution in [2.75, 3.05) is 7.11 Å². The highest BCUT2D eigenvalue weighted by Gasteiger charge is 2.43. The lowest BCUT2D eigenvalue weighted by Crippen LogP contribution is -2.42. The van der Waals surface area contributed by atoms with Crippen molar-refractivity contribution in [1.29, 1.82) is 0 Å². The quantitative estimate of drug-likeness (QED) is 0.341. The molecule has 0 amide bonds. The lowest BCUT2D eigenvalue weighted by atomic mass is 10.00. The lowest BCUT2D eigenvalue weighted by molar-refractivity contribution is -0.354. The standard InChI is InChI=1S/C9H10O4/c1-11-8(10)9-5-2-3-7(4-6-9)12-13-9/h2-4,6-7H,5H2,1H3. The number of hydrogen-bond acceptors (Lipinski definition) is 4. The van der Waals surface area contributed by atoms with Crippen LogP contribution in [0.3, 0.4) is 0 Å². The normalized spacial score (nSPS) is 35.9. The van der Waals surface area contributed by atoms with E-state index in [0.29, 0.717) is 6.42 Å². The predicted octanol–water partition coefficient (Wildman–Crippen LogP) is 0.745. The van der Waals surface area contributed by atoms with Crippen molar-refractivity contribution in [1.82, 2.24) is 0 Å². The zero-order valence-electron chi connectivity index (χ0n) is 7.23. The highest BCUT2D eigenvalue weighted by Crippen LogP contribution is 2.29. The van der Waals surface area contributed by atoms with Gasteiger partial charge in [0.2, 0.25) is 5.60 Å². The van der Waals surface area contributed by atoms with E-state index in [0.717, 1.165) is 0 Å². The molecule has 2 aliphatic heterocycles. The van der Waals surface area contributed by atoms with Gasteiger partial charge in [-0.1, -0.05) is 12.2 Å². The molecular weight excluding hydrogens is 172 g/mol. The number of carbonyl (C=O) groups is 1. The topological polar surface area (TPSA) is 44.8 Å². The number of methoxy groups -OCH3 is 1. The summed E-state index contributed by atoms with van der Waals surface area (Å²) in [5.41, 5.74) is -1.07. The molecule has 0 fully saturated rings. The number of rotatable bonds is 1.